The molecule has 0 fully saturated rings. The lowest BCUT2D eigenvalue weighted by Gasteiger charge is -2.17. The summed E-state index contributed by atoms with van der Waals surface area (Å²) < 4.78 is 0. The van der Waals surface area contributed by atoms with Crippen molar-refractivity contribution in [3.8, 4) is 0 Å². The van der Waals surface area contributed by atoms with Gasteiger partial charge in [-0.3, -0.25) is 4.79 Å². The van der Waals surface area contributed by atoms with E-state index in [0.29, 0.717) is 18.8 Å². The first-order valence-corrected chi connectivity index (χ1v) is 6.37. The number of benzene rings is 2. The van der Waals surface area contributed by atoms with Gasteiger partial charge in [-0.2, -0.15) is 0 Å². The van der Waals surface area contributed by atoms with Gasteiger partial charge in [0, 0.05) is 24.3 Å². The number of nitrogen functional groups attached to an aromatic ring is 1. The van der Waals surface area contributed by atoms with Crippen LogP contribution >= 0.6 is 0 Å². The van der Waals surface area contributed by atoms with Crippen LogP contribution in [0.4, 0.5) is 5.69 Å². The minimum Gasteiger partial charge on any atom is -0.399 e. The Balaban J connectivity index is 1.87. The lowest BCUT2D eigenvalue weighted by molar-refractivity contribution is 0.0750. The van der Waals surface area contributed by atoms with Crippen molar-refractivity contribution in [3.05, 3.63) is 64.7 Å². The summed E-state index contributed by atoms with van der Waals surface area (Å²) >= 11 is 0. The van der Waals surface area contributed by atoms with Crippen LogP contribution in [0.5, 0.6) is 0 Å². The van der Waals surface area contributed by atoms with Crippen molar-refractivity contribution in [2.75, 3.05) is 5.73 Å². The fourth-order valence-corrected chi connectivity index (χ4v) is 2.57. The molecule has 0 unspecified atom stereocenters. The van der Waals surface area contributed by atoms with Gasteiger partial charge in [0.05, 0.1) is 0 Å². The molecule has 0 aliphatic carbocycles. The fraction of sp³-hybridized carbons (Fsp3) is 0.188. The molecule has 1 aliphatic heterocycles. The van der Waals surface area contributed by atoms with Gasteiger partial charge in [-0.15, -0.1) is 0 Å². The Kier molecular flexibility index (Phi) is 2.75. The Hall–Kier alpha value is -2.29. The van der Waals surface area contributed by atoms with Gasteiger partial charge < -0.3 is 10.6 Å². The van der Waals surface area contributed by atoms with E-state index in [1.165, 1.54) is 11.1 Å². The first kappa shape index (κ1) is 11.8. The van der Waals surface area contributed by atoms with Gasteiger partial charge in [0.25, 0.3) is 5.91 Å². The highest BCUT2D eigenvalue weighted by Crippen LogP contribution is 2.25. The zero-order chi connectivity index (χ0) is 13.4. The summed E-state index contributed by atoms with van der Waals surface area (Å²) in [5, 5.41) is 0. The Morgan fingerprint density at radius 1 is 1.11 bits per heavy atom. The Morgan fingerprint density at radius 3 is 2.32 bits per heavy atom. The van der Waals surface area contributed by atoms with Gasteiger partial charge in [0.15, 0.2) is 0 Å². The van der Waals surface area contributed by atoms with Gasteiger partial charge in [-0.1, -0.05) is 24.3 Å². The second kappa shape index (κ2) is 4.43. The normalized spacial score (nSPS) is 13.4. The molecule has 0 bridgehead atoms. The van der Waals surface area contributed by atoms with Crippen molar-refractivity contribution in [1.29, 1.82) is 0 Å². The number of fused-ring (bicyclic) bond motifs is 1. The summed E-state index contributed by atoms with van der Waals surface area (Å²) in [6.07, 6.45) is 0. The average Bonchev–Trinajstić information content (AvgIpc) is 2.81. The maximum absolute atomic E-state index is 12.5. The highest BCUT2D eigenvalue weighted by molar-refractivity contribution is 5.96. The molecule has 19 heavy (non-hydrogen) atoms. The first-order chi connectivity index (χ1) is 9.15. The molecule has 96 valence electrons. The zero-order valence-electron chi connectivity index (χ0n) is 10.9. The number of nitrogens with two attached hydrogens (primary N) is 1. The molecule has 0 spiro atoms. The van der Waals surface area contributed by atoms with E-state index in [4.69, 9.17) is 5.73 Å². The number of hydrogen-bond acceptors (Lipinski definition) is 2. The summed E-state index contributed by atoms with van der Waals surface area (Å²) in [6, 6.07) is 13.6. The van der Waals surface area contributed by atoms with Gasteiger partial charge in [0.2, 0.25) is 0 Å². The van der Waals surface area contributed by atoms with E-state index in [0.717, 1.165) is 11.1 Å². The van der Waals surface area contributed by atoms with Crippen LogP contribution in [0.3, 0.4) is 0 Å². The Labute approximate surface area is 112 Å². The minimum absolute atomic E-state index is 0.0775. The smallest absolute Gasteiger partial charge is 0.254 e. The van der Waals surface area contributed by atoms with E-state index in [1.54, 1.807) is 6.07 Å². The van der Waals surface area contributed by atoms with Gasteiger partial charge in [0.1, 0.15) is 0 Å². The summed E-state index contributed by atoms with van der Waals surface area (Å²) in [5.74, 6) is 0.0775. The summed E-state index contributed by atoms with van der Waals surface area (Å²) in [5.41, 5.74) is 10.6. The summed E-state index contributed by atoms with van der Waals surface area (Å²) in [7, 11) is 0. The predicted octanol–water partition coefficient (Wildman–Crippen LogP) is 2.73. The highest BCUT2D eigenvalue weighted by atomic mass is 16.2. The monoisotopic (exact) mass is 252 g/mol. The van der Waals surface area contributed by atoms with E-state index in [1.807, 2.05) is 36.1 Å². The number of amides is 1. The van der Waals surface area contributed by atoms with Gasteiger partial charge in [-0.05, 0) is 41.8 Å². The van der Waals surface area contributed by atoms with Crippen LogP contribution in [-0.2, 0) is 13.1 Å². The van der Waals surface area contributed by atoms with E-state index in [2.05, 4.69) is 12.1 Å². The molecule has 1 aliphatic rings. The van der Waals surface area contributed by atoms with Crippen molar-refractivity contribution in [2.24, 2.45) is 0 Å². The van der Waals surface area contributed by atoms with E-state index in [9.17, 15) is 4.79 Å². The summed E-state index contributed by atoms with van der Waals surface area (Å²) in [4.78, 5) is 14.4. The van der Waals surface area contributed by atoms with Crippen LogP contribution in [0.2, 0.25) is 0 Å². The van der Waals surface area contributed by atoms with E-state index < -0.39 is 0 Å². The molecule has 3 rings (SSSR count). The van der Waals surface area contributed by atoms with E-state index in [-0.39, 0.29) is 5.91 Å². The third-order valence-electron chi connectivity index (χ3n) is 3.61. The highest BCUT2D eigenvalue weighted by Gasteiger charge is 2.24. The number of carbonyl (C=O) groups is 1. The molecule has 1 amide bonds. The molecule has 0 saturated carbocycles. The second-order valence-corrected chi connectivity index (χ2v) is 5.00. The van der Waals surface area contributed by atoms with Crippen LogP contribution in [0.1, 0.15) is 27.0 Å². The predicted molar refractivity (Wildman–Crippen MR) is 75.6 cm³/mol. The number of nitrogens with zero attached hydrogens (tertiary/aromatic N) is 1. The quantitative estimate of drug-likeness (QED) is 0.793. The maximum Gasteiger partial charge on any atom is 0.254 e. The fourth-order valence-electron chi connectivity index (χ4n) is 2.57. The Bertz CT molecular complexity index is 624. The van der Waals surface area contributed by atoms with Crippen LogP contribution in [-0.4, -0.2) is 10.8 Å². The van der Waals surface area contributed by atoms with Crippen LogP contribution in [0.15, 0.2) is 42.5 Å². The standard InChI is InChI=1S/C16H16N2O/c1-11-8-14(17)6-7-15(11)16(19)18-9-12-4-2-3-5-13(12)10-18/h2-8H,9-10,17H2,1H3. The number of rotatable bonds is 1. The molecule has 2 aromatic rings. The molecule has 3 heteroatoms. The van der Waals surface area contributed by atoms with Crippen molar-refractivity contribution in [3.63, 3.8) is 0 Å². The molecule has 3 nitrogen and oxygen atoms in total. The molecule has 0 radical (unpaired) electrons. The number of anilines is 1. The first-order valence-electron chi connectivity index (χ1n) is 6.37. The third kappa shape index (κ3) is 2.08. The minimum atomic E-state index is 0.0775. The summed E-state index contributed by atoms with van der Waals surface area (Å²) in [6.45, 7) is 3.31. The van der Waals surface area contributed by atoms with Crippen molar-refractivity contribution in [2.45, 2.75) is 20.0 Å². The lowest BCUT2D eigenvalue weighted by atomic mass is 10.1. The molecule has 0 atom stereocenters. The van der Waals surface area contributed by atoms with Crippen molar-refractivity contribution >= 4 is 11.6 Å². The maximum atomic E-state index is 12.5. The molecule has 0 aromatic heterocycles. The molecule has 0 saturated heterocycles. The molecule has 2 N–H and O–H groups in total. The molecule has 2 aromatic carbocycles. The lowest BCUT2D eigenvalue weighted by Crippen LogP contribution is -2.26. The molecule has 1 heterocycles. The topological polar surface area (TPSA) is 46.3 Å². The van der Waals surface area contributed by atoms with Crippen LogP contribution in [0.25, 0.3) is 0 Å². The van der Waals surface area contributed by atoms with Crippen molar-refractivity contribution < 1.29 is 4.79 Å². The SMILES string of the molecule is Cc1cc(N)ccc1C(=O)N1Cc2ccccc2C1. The van der Waals surface area contributed by atoms with Crippen molar-refractivity contribution in [1.82, 2.24) is 4.90 Å². The molecular weight excluding hydrogens is 236 g/mol. The number of aryl methyl sites for hydroxylation is 1. The third-order valence-corrected chi connectivity index (χ3v) is 3.61. The van der Waals surface area contributed by atoms with Gasteiger partial charge in [-0.25, -0.2) is 0 Å². The Morgan fingerprint density at radius 2 is 1.74 bits per heavy atom. The number of carbonyl (C=O) groups excluding carboxylic acids is 1. The zero-order valence-corrected chi connectivity index (χ0v) is 10.9. The van der Waals surface area contributed by atoms with Crippen LogP contribution in [0, 0.1) is 6.92 Å². The van der Waals surface area contributed by atoms with E-state index >= 15 is 0 Å². The molecular formula is C16H16N2O. The largest absolute Gasteiger partial charge is 0.399 e. The van der Waals surface area contributed by atoms with Crippen LogP contribution < -0.4 is 5.73 Å². The average molecular weight is 252 g/mol. The van der Waals surface area contributed by atoms with Gasteiger partial charge >= 0.3 is 0 Å². The number of hydrogen-bond donors (Lipinski definition) is 1. The second-order valence-electron chi connectivity index (χ2n) is 5.00.